The standard InChI is InChI=1S/C9H16OS2/c11-6-1-2-7-12-8-9-4-3-5-10-9/h1-2,9,11H,3-8H2/b2-1+. The van der Waals surface area contributed by atoms with Gasteiger partial charge < -0.3 is 4.74 Å². The first-order valence-corrected chi connectivity index (χ1v) is 6.17. The Labute approximate surface area is 84.4 Å². The molecule has 0 radical (unpaired) electrons. The molecule has 1 saturated heterocycles. The van der Waals surface area contributed by atoms with E-state index in [1.807, 2.05) is 11.8 Å². The summed E-state index contributed by atoms with van der Waals surface area (Å²) in [4.78, 5) is 0. The Kier molecular flexibility index (Phi) is 6.00. The number of thioether (sulfide) groups is 1. The van der Waals surface area contributed by atoms with Crippen molar-refractivity contribution in [2.45, 2.75) is 18.9 Å². The van der Waals surface area contributed by atoms with Gasteiger partial charge in [0.25, 0.3) is 0 Å². The van der Waals surface area contributed by atoms with Crippen molar-refractivity contribution in [3.8, 4) is 0 Å². The van der Waals surface area contributed by atoms with Crippen molar-refractivity contribution in [1.82, 2.24) is 0 Å². The van der Waals surface area contributed by atoms with Gasteiger partial charge in [0.2, 0.25) is 0 Å². The van der Waals surface area contributed by atoms with Crippen molar-refractivity contribution in [2.24, 2.45) is 0 Å². The van der Waals surface area contributed by atoms with Crippen LogP contribution in [0.5, 0.6) is 0 Å². The average molecular weight is 204 g/mol. The lowest BCUT2D eigenvalue weighted by atomic mass is 10.3. The zero-order valence-electron chi connectivity index (χ0n) is 7.24. The Morgan fingerprint density at radius 3 is 3.08 bits per heavy atom. The lowest BCUT2D eigenvalue weighted by Crippen LogP contribution is -2.07. The Morgan fingerprint density at radius 1 is 1.50 bits per heavy atom. The van der Waals surface area contributed by atoms with Crippen LogP contribution in [0.2, 0.25) is 0 Å². The highest BCUT2D eigenvalue weighted by molar-refractivity contribution is 7.99. The number of rotatable bonds is 5. The van der Waals surface area contributed by atoms with Crippen LogP contribution in [0.25, 0.3) is 0 Å². The van der Waals surface area contributed by atoms with E-state index in [4.69, 9.17) is 4.74 Å². The summed E-state index contributed by atoms with van der Waals surface area (Å²) in [5.41, 5.74) is 0. The molecular weight excluding hydrogens is 188 g/mol. The summed E-state index contributed by atoms with van der Waals surface area (Å²) in [6.45, 7) is 0.970. The molecule has 0 aromatic rings. The van der Waals surface area contributed by atoms with Gasteiger partial charge in [-0.25, -0.2) is 0 Å². The number of thiol groups is 1. The van der Waals surface area contributed by atoms with Crippen molar-refractivity contribution in [1.29, 1.82) is 0 Å². The van der Waals surface area contributed by atoms with Crippen LogP contribution >= 0.6 is 24.4 Å². The van der Waals surface area contributed by atoms with E-state index in [2.05, 4.69) is 24.8 Å². The molecule has 0 amide bonds. The highest BCUT2D eigenvalue weighted by Gasteiger charge is 2.14. The van der Waals surface area contributed by atoms with E-state index in [9.17, 15) is 0 Å². The summed E-state index contributed by atoms with van der Waals surface area (Å²) >= 11 is 6.03. The van der Waals surface area contributed by atoms with E-state index in [0.717, 1.165) is 23.9 Å². The summed E-state index contributed by atoms with van der Waals surface area (Å²) in [7, 11) is 0. The second-order valence-corrected chi connectivity index (χ2v) is 4.27. The molecule has 1 nitrogen and oxygen atoms in total. The predicted octanol–water partition coefficient (Wildman–Crippen LogP) is 2.38. The topological polar surface area (TPSA) is 9.23 Å². The Hall–Kier alpha value is 0.400. The van der Waals surface area contributed by atoms with E-state index in [1.54, 1.807) is 0 Å². The van der Waals surface area contributed by atoms with Gasteiger partial charge in [0.1, 0.15) is 0 Å². The summed E-state index contributed by atoms with van der Waals surface area (Å²) in [5, 5.41) is 0. The van der Waals surface area contributed by atoms with Gasteiger partial charge in [-0.15, -0.1) is 0 Å². The number of hydrogen-bond donors (Lipinski definition) is 1. The third kappa shape index (κ3) is 4.43. The molecule has 0 bridgehead atoms. The molecule has 1 aliphatic rings. The van der Waals surface area contributed by atoms with E-state index in [0.29, 0.717) is 6.10 Å². The minimum atomic E-state index is 0.527. The van der Waals surface area contributed by atoms with Gasteiger partial charge in [0, 0.05) is 23.9 Å². The Bertz CT molecular complexity index is 130. The molecule has 70 valence electrons. The van der Waals surface area contributed by atoms with Gasteiger partial charge >= 0.3 is 0 Å². The molecule has 1 aliphatic heterocycles. The van der Waals surface area contributed by atoms with Gasteiger partial charge in [-0.3, -0.25) is 0 Å². The molecule has 1 heterocycles. The predicted molar refractivity (Wildman–Crippen MR) is 59.3 cm³/mol. The third-order valence-corrected chi connectivity index (χ3v) is 3.06. The molecule has 1 fully saturated rings. The van der Waals surface area contributed by atoms with E-state index in [1.165, 1.54) is 12.8 Å². The van der Waals surface area contributed by atoms with Gasteiger partial charge in [0.05, 0.1) is 6.10 Å². The molecule has 3 heteroatoms. The average Bonchev–Trinajstić information content (AvgIpc) is 2.57. The molecule has 0 N–H and O–H groups in total. The summed E-state index contributed by atoms with van der Waals surface area (Å²) in [5.74, 6) is 3.10. The van der Waals surface area contributed by atoms with Crippen LogP contribution in [0.4, 0.5) is 0 Å². The van der Waals surface area contributed by atoms with Crippen LogP contribution in [0.1, 0.15) is 12.8 Å². The van der Waals surface area contributed by atoms with E-state index >= 15 is 0 Å². The molecule has 12 heavy (non-hydrogen) atoms. The van der Waals surface area contributed by atoms with Crippen LogP contribution < -0.4 is 0 Å². The second kappa shape index (κ2) is 6.87. The minimum absolute atomic E-state index is 0.527. The van der Waals surface area contributed by atoms with Gasteiger partial charge in [-0.2, -0.15) is 24.4 Å². The monoisotopic (exact) mass is 204 g/mol. The smallest absolute Gasteiger partial charge is 0.0666 e. The normalized spacial score (nSPS) is 23.9. The molecule has 0 spiro atoms. The van der Waals surface area contributed by atoms with Gasteiger partial charge in [-0.1, -0.05) is 12.2 Å². The largest absolute Gasteiger partial charge is 0.377 e. The van der Waals surface area contributed by atoms with Crippen molar-refractivity contribution >= 4 is 24.4 Å². The van der Waals surface area contributed by atoms with Gasteiger partial charge in [0.15, 0.2) is 0 Å². The Morgan fingerprint density at radius 2 is 2.42 bits per heavy atom. The summed E-state index contributed by atoms with van der Waals surface area (Å²) in [6, 6.07) is 0. The number of hydrogen-bond acceptors (Lipinski definition) is 3. The molecule has 0 aliphatic carbocycles. The fraction of sp³-hybridized carbons (Fsp3) is 0.778. The van der Waals surface area contributed by atoms with Crippen LogP contribution in [0.15, 0.2) is 12.2 Å². The SMILES string of the molecule is SC/C=C/CSCC1CCCO1. The summed E-state index contributed by atoms with van der Waals surface area (Å²) < 4.78 is 5.50. The van der Waals surface area contributed by atoms with Crippen molar-refractivity contribution < 1.29 is 4.74 Å². The molecular formula is C9H16OS2. The van der Waals surface area contributed by atoms with Crippen LogP contribution in [0, 0.1) is 0 Å². The maximum atomic E-state index is 5.50. The molecule has 1 rings (SSSR count). The zero-order chi connectivity index (χ0) is 8.65. The van der Waals surface area contributed by atoms with Crippen LogP contribution in [-0.2, 0) is 4.74 Å². The first-order valence-electron chi connectivity index (χ1n) is 4.38. The summed E-state index contributed by atoms with van der Waals surface area (Å²) in [6.07, 6.45) is 7.29. The van der Waals surface area contributed by atoms with Crippen LogP contribution in [-0.4, -0.2) is 30.0 Å². The van der Waals surface area contributed by atoms with Gasteiger partial charge in [-0.05, 0) is 12.8 Å². The third-order valence-electron chi connectivity index (χ3n) is 1.81. The fourth-order valence-electron chi connectivity index (χ4n) is 1.19. The van der Waals surface area contributed by atoms with Crippen molar-refractivity contribution in [2.75, 3.05) is 23.9 Å². The first-order chi connectivity index (χ1) is 5.93. The number of ether oxygens (including phenoxy) is 1. The molecule has 0 saturated carbocycles. The molecule has 0 aromatic carbocycles. The molecule has 1 unspecified atom stereocenters. The molecule has 1 atom stereocenters. The van der Waals surface area contributed by atoms with E-state index < -0.39 is 0 Å². The van der Waals surface area contributed by atoms with E-state index in [-0.39, 0.29) is 0 Å². The van der Waals surface area contributed by atoms with Crippen LogP contribution in [0.3, 0.4) is 0 Å². The quantitative estimate of drug-likeness (QED) is 0.418. The maximum absolute atomic E-state index is 5.50. The highest BCUT2D eigenvalue weighted by atomic mass is 32.2. The van der Waals surface area contributed by atoms with Crippen molar-refractivity contribution in [3.05, 3.63) is 12.2 Å². The highest BCUT2D eigenvalue weighted by Crippen LogP contribution is 2.16. The maximum Gasteiger partial charge on any atom is 0.0666 e. The zero-order valence-corrected chi connectivity index (χ0v) is 8.95. The molecule has 0 aromatic heterocycles. The Balaban J connectivity index is 1.91. The first kappa shape index (κ1) is 10.5. The fourth-order valence-corrected chi connectivity index (χ4v) is 2.27. The second-order valence-electron chi connectivity index (χ2n) is 2.83. The minimum Gasteiger partial charge on any atom is -0.377 e. The van der Waals surface area contributed by atoms with Crippen molar-refractivity contribution in [3.63, 3.8) is 0 Å². The lowest BCUT2D eigenvalue weighted by molar-refractivity contribution is 0.129. The lowest BCUT2D eigenvalue weighted by Gasteiger charge is -2.06.